The molecule has 0 N–H and O–H groups in total. The van der Waals surface area contributed by atoms with Gasteiger partial charge < -0.3 is 9.64 Å². The molecule has 2 aliphatic heterocycles. The van der Waals surface area contributed by atoms with Crippen molar-refractivity contribution in [3.05, 3.63) is 23.7 Å². The van der Waals surface area contributed by atoms with Gasteiger partial charge in [0.05, 0.1) is 23.0 Å². The van der Waals surface area contributed by atoms with Crippen molar-refractivity contribution < 1.29 is 9.53 Å². The van der Waals surface area contributed by atoms with Gasteiger partial charge in [-0.1, -0.05) is 0 Å². The topological polar surface area (TPSA) is 71.5 Å². The zero-order valence-electron chi connectivity index (χ0n) is 15.1. The van der Waals surface area contributed by atoms with E-state index in [0.29, 0.717) is 13.1 Å². The number of pyridine rings is 1. The van der Waals surface area contributed by atoms with Crippen LogP contribution in [0.4, 0.5) is 10.6 Å². The minimum Gasteiger partial charge on any atom is -0.444 e. The maximum absolute atomic E-state index is 12.6. The first-order valence-corrected chi connectivity index (χ1v) is 9.23. The molecular formula is C18H22ClN5O2. The van der Waals surface area contributed by atoms with Gasteiger partial charge in [0, 0.05) is 25.5 Å². The number of hydrogen-bond acceptors (Lipinski definition) is 6. The van der Waals surface area contributed by atoms with E-state index >= 15 is 0 Å². The second kappa shape index (κ2) is 6.23. The van der Waals surface area contributed by atoms with Crippen LogP contribution in [0.1, 0.15) is 33.6 Å². The Hall–Kier alpha value is -2.15. The van der Waals surface area contributed by atoms with Crippen molar-refractivity contribution in [3.63, 3.8) is 0 Å². The molecule has 0 aliphatic carbocycles. The lowest BCUT2D eigenvalue weighted by Gasteiger charge is -2.42. The lowest BCUT2D eigenvalue weighted by atomic mass is 10.1. The number of ether oxygens (including phenoxy) is 1. The highest BCUT2D eigenvalue weighted by Crippen LogP contribution is 2.35. The number of rotatable bonds is 1. The van der Waals surface area contributed by atoms with Crippen molar-refractivity contribution >= 4 is 34.4 Å². The molecule has 26 heavy (non-hydrogen) atoms. The van der Waals surface area contributed by atoms with Crippen molar-refractivity contribution in [2.24, 2.45) is 0 Å². The molecule has 138 valence electrons. The monoisotopic (exact) mass is 375 g/mol. The van der Waals surface area contributed by atoms with Crippen molar-refractivity contribution in [2.45, 2.75) is 51.3 Å². The van der Waals surface area contributed by atoms with Gasteiger partial charge in [0.2, 0.25) is 5.28 Å². The van der Waals surface area contributed by atoms with E-state index in [1.807, 2.05) is 31.7 Å². The molecule has 2 aromatic rings. The van der Waals surface area contributed by atoms with Crippen LogP contribution < -0.4 is 4.90 Å². The predicted molar refractivity (Wildman–Crippen MR) is 99.4 cm³/mol. The predicted octanol–water partition coefficient (Wildman–Crippen LogP) is 3.27. The Bertz CT molecular complexity index is 839. The number of halogens is 1. The summed E-state index contributed by atoms with van der Waals surface area (Å²) in [6.07, 6.45) is 5.17. The number of anilines is 1. The Morgan fingerprint density at radius 2 is 1.92 bits per heavy atom. The van der Waals surface area contributed by atoms with E-state index in [4.69, 9.17) is 16.3 Å². The summed E-state index contributed by atoms with van der Waals surface area (Å²) in [7, 11) is 0. The number of amides is 1. The zero-order chi connectivity index (χ0) is 18.5. The summed E-state index contributed by atoms with van der Waals surface area (Å²) in [5.74, 6) is 0.786. The van der Waals surface area contributed by atoms with Crippen LogP contribution in [0.5, 0.6) is 0 Å². The molecule has 4 heterocycles. The van der Waals surface area contributed by atoms with Gasteiger partial charge in [0.15, 0.2) is 0 Å². The smallest absolute Gasteiger partial charge is 0.410 e. The Balaban J connectivity index is 1.61. The molecule has 2 bridgehead atoms. The van der Waals surface area contributed by atoms with Crippen LogP contribution in [0.2, 0.25) is 5.28 Å². The quantitative estimate of drug-likeness (QED) is 0.712. The molecule has 0 saturated carbocycles. The third-order valence-corrected chi connectivity index (χ3v) is 5.00. The van der Waals surface area contributed by atoms with Gasteiger partial charge in [0.25, 0.3) is 0 Å². The summed E-state index contributed by atoms with van der Waals surface area (Å²) < 4.78 is 5.60. The van der Waals surface area contributed by atoms with Gasteiger partial charge in [-0.25, -0.2) is 9.78 Å². The van der Waals surface area contributed by atoms with E-state index in [9.17, 15) is 4.79 Å². The summed E-state index contributed by atoms with van der Waals surface area (Å²) in [5, 5.41) is 1.10. The molecule has 2 saturated heterocycles. The second-order valence-electron chi connectivity index (χ2n) is 7.89. The van der Waals surface area contributed by atoms with E-state index in [0.717, 1.165) is 29.6 Å². The molecule has 4 rings (SSSR count). The molecule has 0 spiro atoms. The fourth-order valence-electron chi connectivity index (χ4n) is 3.86. The summed E-state index contributed by atoms with van der Waals surface area (Å²) in [6, 6.07) is 2.06. The molecule has 8 heteroatoms. The maximum atomic E-state index is 12.6. The first-order valence-electron chi connectivity index (χ1n) is 8.85. The van der Waals surface area contributed by atoms with Crippen LogP contribution in [-0.2, 0) is 4.74 Å². The summed E-state index contributed by atoms with van der Waals surface area (Å²) in [5.41, 5.74) is 0.285. The molecule has 0 radical (unpaired) electrons. The molecule has 1 amide bonds. The van der Waals surface area contributed by atoms with Crippen LogP contribution in [0.3, 0.4) is 0 Å². The molecule has 2 fully saturated rings. The van der Waals surface area contributed by atoms with E-state index in [2.05, 4.69) is 19.9 Å². The second-order valence-corrected chi connectivity index (χ2v) is 8.22. The molecule has 0 aromatic carbocycles. The lowest BCUT2D eigenvalue weighted by Crippen LogP contribution is -2.57. The molecule has 2 atom stereocenters. The summed E-state index contributed by atoms with van der Waals surface area (Å²) in [6.45, 7) is 7.08. The normalized spacial score (nSPS) is 22.8. The van der Waals surface area contributed by atoms with Gasteiger partial charge in [-0.3, -0.25) is 9.88 Å². The van der Waals surface area contributed by atoms with Crippen molar-refractivity contribution in [1.82, 2.24) is 19.9 Å². The Morgan fingerprint density at radius 3 is 2.58 bits per heavy atom. The fraction of sp³-hybridized carbons (Fsp3) is 0.556. The van der Waals surface area contributed by atoms with Gasteiger partial charge in [-0.15, -0.1) is 0 Å². The number of piperazine rings is 1. The van der Waals surface area contributed by atoms with Gasteiger partial charge in [-0.05, 0) is 51.3 Å². The first-order chi connectivity index (χ1) is 12.3. The Labute approximate surface area is 157 Å². The van der Waals surface area contributed by atoms with Crippen LogP contribution in [0.15, 0.2) is 18.5 Å². The standard InChI is InChI=1S/C18H22ClN5O2/c1-18(2,3)26-17(25)24-11-4-5-12(24)10-23(9-11)15-13-8-20-7-6-14(13)21-16(19)22-15/h6-8,11-12H,4-5,9-10H2,1-3H3. The third kappa shape index (κ3) is 3.16. The minimum atomic E-state index is -0.490. The summed E-state index contributed by atoms with van der Waals surface area (Å²) in [4.78, 5) is 29.6. The SMILES string of the molecule is CC(C)(C)OC(=O)N1C2CCC1CN(c1nc(Cl)nc3ccncc13)C2. The molecule has 2 unspecified atom stereocenters. The van der Waals surface area contributed by atoms with Crippen molar-refractivity contribution in [3.8, 4) is 0 Å². The van der Waals surface area contributed by atoms with Crippen LogP contribution in [-0.4, -0.2) is 56.7 Å². The van der Waals surface area contributed by atoms with E-state index in [-0.39, 0.29) is 23.5 Å². The highest BCUT2D eigenvalue weighted by Gasteiger charge is 2.44. The number of hydrogen-bond donors (Lipinski definition) is 0. The van der Waals surface area contributed by atoms with Crippen LogP contribution in [0.25, 0.3) is 10.9 Å². The minimum absolute atomic E-state index is 0.115. The number of aromatic nitrogens is 3. The lowest BCUT2D eigenvalue weighted by molar-refractivity contribution is 0.0123. The van der Waals surface area contributed by atoms with Crippen LogP contribution >= 0.6 is 11.6 Å². The van der Waals surface area contributed by atoms with E-state index in [1.54, 1.807) is 12.4 Å². The fourth-order valence-corrected chi connectivity index (χ4v) is 4.03. The molecule has 7 nitrogen and oxygen atoms in total. The largest absolute Gasteiger partial charge is 0.444 e. The average molecular weight is 376 g/mol. The van der Waals surface area contributed by atoms with Gasteiger partial charge in [0.1, 0.15) is 11.4 Å². The average Bonchev–Trinajstić information content (AvgIpc) is 2.83. The van der Waals surface area contributed by atoms with Crippen molar-refractivity contribution in [1.29, 1.82) is 0 Å². The zero-order valence-corrected chi connectivity index (χ0v) is 15.9. The highest BCUT2D eigenvalue weighted by molar-refractivity contribution is 6.28. The first kappa shape index (κ1) is 17.3. The molecule has 2 aromatic heterocycles. The Kier molecular flexibility index (Phi) is 4.14. The van der Waals surface area contributed by atoms with Crippen LogP contribution in [0, 0.1) is 0 Å². The highest BCUT2D eigenvalue weighted by atomic mass is 35.5. The van der Waals surface area contributed by atoms with Gasteiger partial charge >= 0.3 is 6.09 Å². The molecular weight excluding hydrogens is 354 g/mol. The summed E-state index contributed by atoms with van der Waals surface area (Å²) >= 11 is 6.13. The Morgan fingerprint density at radius 1 is 1.23 bits per heavy atom. The van der Waals surface area contributed by atoms with Gasteiger partial charge in [-0.2, -0.15) is 4.98 Å². The number of carbonyl (C=O) groups is 1. The molecule has 2 aliphatic rings. The number of nitrogens with zero attached hydrogens (tertiary/aromatic N) is 5. The third-order valence-electron chi connectivity index (χ3n) is 4.84. The maximum Gasteiger partial charge on any atom is 0.410 e. The van der Waals surface area contributed by atoms with E-state index in [1.165, 1.54) is 0 Å². The number of carbonyl (C=O) groups excluding carboxylic acids is 1. The van der Waals surface area contributed by atoms with Crippen molar-refractivity contribution in [2.75, 3.05) is 18.0 Å². The van der Waals surface area contributed by atoms with E-state index < -0.39 is 5.60 Å². The number of fused-ring (bicyclic) bond motifs is 3.